The molecular weight excluding hydrogens is 388 g/mol. The number of benzene rings is 2. The van der Waals surface area contributed by atoms with E-state index in [-0.39, 0.29) is 23.1 Å². The summed E-state index contributed by atoms with van der Waals surface area (Å²) in [5, 5.41) is 5.64. The molecule has 2 heterocycles. The molecule has 1 N–H and O–H groups in total. The van der Waals surface area contributed by atoms with E-state index in [0.717, 1.165) is 38.9 Å². The fraction of sp³-hybridized carbons (Fsp3) is 0.480. The number of nitrogens with one attached hydrogen (secondary N) is 1. The molecule has 5 heteroatoms. The third-order valence-corrected chi connectivity index (χ3v) is 11.8. The van der Waals surface area contributed by atoms with E-state index in [1.54, 1.807) is 0 Å². The molecular formula is C25H34N2O2Si. The molecule has 1 unspecified atom stereocenters. The highest BCUT2D eigenvalue weighted by atomic mass is 28.4. The first kappa shape index (κ1) is 21.3. The maximum atomic E-state index is 12.1. The molecule has 30 heavy (non-hydrogen) atoms. The SMILES string of the molecule is CC(C)(C)[Si](OC1CCN(C2CCNC2=O)CC1)(c1ccccc1)c1ccccc1. The number of carbonyl (C=O) groups excluding carboxylic acids is 1. The van der Waals surface area contributed by atoms with Crippen LogP contribution in [0.1, 0.15) is 40.0 Å². The van der Waals surface area contributed by atoms with Crippen molar-refractivity contribution >= 4 is 24.6 Å². The van der Waals surface area contributed by atoms with Gasteiger partial charge in [-0.2, -0.15) is 0 Å². The quantitative estimate of drug-likeness (QED) is 0.754. The summed E-state index contributed by atoms with van der Waals surface area (Å²) >= 11 is 0. The number of piperidine rings is 1. The predicted octanol–water partition coefficient (Wildman–Crippen LogP) is 2.92. The summed E-state index contributed by atoms with van der Waals surface area (Å²) in [7, 11) is -2.50. The van der Waals surface area contributed by atoms with Gasteiger partial charge in [0.2, 0.25) is 5.91 Å². The van der Waals surface area contributed by atoms with Gasteiger partial charge in [0.05, 0.1) is 6.04 Å². The van der Waals surface area contributed by atoms with Crippen molar-refractivity contribution in [1.82, 2.24) is 10.2 Å². The minimum absolute atomic E-state index is 0.00181. The molecule has 1 amide bonds. The van der Waals surface area contributed by atoms with Crippen LogP contribution in [0.15, 0.2) is 60.7 Å². The van der Waals surface area contributed by atoms with Crippen LogP contribution in [-0.4, -0.2) is 50.9 Å². The Hall–Kier alpha value is -1.95. The average molecular weight is 423 g/mol. The van der Waals surface area contributed by atoms with Gasteiger partial charge >= 0.3 is 0 Å². The first-order chi connectivity index (χ1) is 14.4. The predicted molar refractivity (Wildman–Crippen MR) is 125 cm³/mol. The second kappa shape index (κ2) is 8.65. The lowest BCUT2D eigenvalue weighted by Crippen LogP contribution is -2.68. The minimum Gasteiger partial charge on any atom is -0.404 e. The van der Waals surface area contributed by atoms with Crippen molar-refractivity contribution in [2.24, 2.45) is 0 Å². The smallest absolute Gasteiger partial charge is 0.261 e. The van der Waals surface area contributed by atoms with E-state index < -0.39 is 8.32 Å². The van der Waals surface area contributed by atoms with Crippen molar-refractivity contribution in [2.45, 2.75) is 57.2 Å². The van der Waals surface area contributed by atoms with E-state index in [0.29, 0.717) is 0 Å². The van der Waals surface area contributed by atoms with Gasteiger partial charge in [-0.1, -0.05) is 81.4 Å². The lowest BCUT2D eigenvalue weighted by atomic mass is 10.1. The van der Waals surface area contributed by atoms with Crippen LogP contribution >= 0.6 is 0 Å². The molecule has 2 aromatic rings. The van der Waals surface area contributed by atoms with Crippen LogP contribution < -0.4 is 15.7 Å². The summed E-state index contributed by atoms with van der Waals surface area (Å²) in [4.78, 5) is 14.5. The zero-order valence-electron chi connectivity index (χ0n) is 18.4. The van der Waals surface area contributed by atoms with Gasteiger partial charge in [-0.15, -0.1) is 0 Å². The van der Waals surface area contributed by atoms with Crippen molar-refractivity contribution in [2.75, 3.05) is 19.6 Å². The molecule has 2 aromatic carbocycles. The molecule has 0 bridgehead atoms. The monoisotopic (exact) mass is 422 g/mol. The van der Waals surface area contributed by atoms with Gasteiger partial charge in [-0.05, 0) is 34.7 Å². The summed E-state index contributed by atoms with van der Waals surface area (Å²) in [5.74, 6) is 0.196. The Bertz CT molecular complexity index is 803. The number of likely N-dealkylation sites (tertiary alicyclic amines) is 1. The summed E-state index contributed by atoms with van der Waals surface area (Å²) < 4.78 is 7.27. The molecule has 0 spiro atoms. The van der Waals surface area contributed by atoms with E-state index in [1.165, 1.54) is 10.4 Å². The Morgan fingerprint density at radius 2 is 1.43 bits per heavy atom. The number of nitrogens with zero attached hydrogens (tertiary/aromatic N) is 1. The Morgan fingerprint density at radius 1 is 0.900 bits per heavy atom. The third kappa shape index (κ3) is 3.98. The van der Waals surface area contributed by atoms with E-state index >= 15 is 0 Å². The van der Waals surface area contributed by atoms with Gasteiger partial charge in [0, 0.05) is 25.7 Å². The topological polar surface area (TPSA) is 41.6 Å². The van der Waals surface area contributed by atoms with Gasteiger partial charge in [-0.3, -0.25) is 9.69 Å². The molecule has 2 fully saturated rings. The largest absolute Gasteiger partial charge is 0.404 e. The molecule has 0 saturated carbocycles. The van der Waals surface area contributed by atoms with Crippen molar-refractivity contribution in [3.05, 3.63) is 60.7 Å². The van der Waals surface area contributed by atoms with E-state index in [2.05, 4.69) is 91.7 Å². The lowest BCUT2D eigenvalue weighted by Gasteiger charge is -2.47. The van der Waals surface area contributed by atoms with E-state index in [4.69, 9.17) is 4.43 Å². The molecule has 2 saturated heterocycles. The van der Waals surface area contributed by atoms with Crippen LogP contribution in [-0.2, 0) is 9.22 Å². The zero-order valence-corrected chi connectivity index (χ0v) is 19.4. The summed E-state index contributed by atoms with van der Waals surface area (Å²) in [6, 6.07) is 21.8. The van der Waals surface area contributed by atoms with Gasteiger partial charge < -0.3 is 9.74 Å². The van der Waals surface area contributed by atoms with Gasteiger partial charge in [0.15, 0.2) is 0 Å². The number of carbonyl (C=O) groups is 1. The zero-order chi connectivity index (χ0) is 21.2. The van der Waals surface area contributed by atoms with Crippen LogP contribution in [0.25, 0.3) is 0 Å². The third-order valence-electron chi connectivity index (χ3n) is 6.70. The Kier molecular flexibility index (Phi) is 6.14. The second-order valence-corrected chi connectivity index (χ2v) is 13.9. The number of hydrogen-bond donors (Lipinski definition) is 1. The Labute approximate surface area is 181 Å². The first-order valence-corrected chi connectivity index (χ1v) is 13.1. The Morgan fingerprint density at radius 3 is 1.87 bits per heavy atom. The maximum absolute atomic E-state index is 12.1. The molecule has 0 aliphatic carbocycles. The number of rotatable bonds is 5. The summed E-state index contributed by atoms with van der Waals surface area (Å²) in [6.45, 7) is 9.66. The molecule has 4 nitrogen and oxygen atoms in total. The van der Waals surface area contributed by atoms with Crippen molar-refractivity contribution < 1.29 is 9.22 Å². The molecule has 0 radical (unpaired) electrons. The summed E-state index contributed by atoms with van der Waals surface area (Å²) in [6.07, 6.45) is 3.11. The fourth-order valence-corrected chi connectivity index (χ4v) is 9.93. The Balaban J connectivity index is 1.62. The number of hydrogen-bond acceptors (Lipinski definition) is 3. The highest BCUT2D eigenvalue weighted by Gasteiger charge is 2.51. The number of amides is 1. The fourth-order valence-electron chi connectivity index (χ4n) is 5.18. The van der Waals surface area contributed by atoms with Gasteiger partial charge in [-0.25, -0.2) is 0 Å². The van der Waals surface area contributed by atoms with Crippen LogP contribution in [0.5, 0.6) is 0 Å². The highest BCUT2D eigenvalue weighted by molar-refractivity contribution is 6.99. The average Bonchev–Trinajstić information content (AvgIpc) is 3.19. The van der Waals surface area contributed by atoms with Crippen molar-refractivity contribution in [3.8, 4) is 0 Å². The van der Waals surface area contributed by atoms with Crippen molar-refractivity contribution in [1.29, 1.82) is 0 Å². The minimum atomic E-state index is -2.50. The second-order valence-electron chi connectivity index (χ2n) is 9.61. The van der Waals surface area contributed by atoms with Crippen LogP contribution in [0, 0.1) is 0 Å². The molecule has 0 aromatic heterocycles. The lowest BCUT2D eigenvalue weighted by molar-refractivity contribution is -0.124. The maximum Gasteiger partial charge on any atom is 0.261 e. The van der Waals surface area contributed by atoms with Crippen LogP contribution in [0.3, 0.4) is 0 Å². The molecule has 2 aliphatic rings. The molecule has 1 atom stereocenters. The van der Waals surface area contributed by atoms with Crippen LogP contribution in [0.4, 0.5) is 0 Å². The van der Waals surface area contributed by atoms with E-state index in [1.807, 2.05) is 0 Å². The highest BCUT2D eigenvalue weighted by Crippen LogP contribution is 2.38. The van der Waals surface area contributed by atoms with E-state index in [9.17, 15) is 4.79 Å². The molecule has 160 valence electrons. The van der Waals surface area contributed by atoms with Crippen LogP contribution in [0.2, 0.25) is 5.04 Å². The molecule has 4 rings (SSSR count). The van der Waals surface area contributed by atoms with Gasteiger partial charge in [0.1, 0.15) is 0 Å². The van der Waals surface area contributed by atoms with Gasteiger partial charge in [0.25, 0.3) is 8.32 Å². The first-order valence-electron chi connectivity index (χ1n) is 11.2. The van der Waals surface area contributed by atoms with Crippen molar-refractivity contribution in [3.63, 3.8) is 0 Å². The normalized spacial score (nSPS) is 21.6. The summed E-state index contributed by atoms with van der Waals surface area (Å²) in [5.41, 5.74) is 0. The standard InChI is InChI=1S/C25H34N2O2Si/c1-25(2,3)30(21-10-6-4-7-11-21,22-12-8-5-9-13-22)29-20-15-18-27(19-16-20)23-14-17-26-24(23)28/h4-13,20,23H,14-19H2,1-3H3,(H,26,28). The molecule has 2 aliphatic heterocycles.